The minimum Gasteiger partial charge on any atom is -0.411 e. The molecule has 3 heterocycles. The summed E-state index contributed by atoms with van der Waals surface area (Å²) in [6.45, 7) is 2.16. The number of hydrogen-bond donors (Lipinski definition) is 1. The Morgan fingerprint density at radius 3 is 3.04 bits per heavy atom. The molecule has 0 aliphatic rings. The van der Waals surface area contributed by atoms with Gasteiger partial charge in [-0.3, -0.25) is 4.98 Å². The summed E-state index contributed by atoms with van der Waals surface area (Å²) in [5.74, 6) is 0. The summed E-state index contributed by atoms with van der Waals surface area (Å²) in [6, 6.07) is 9.97. The number of rotatable bonds is 3. The van der Waals surface area contributed by atoms with Crippen LogP contribution in [0.1, 0.15) is 18.2 Å². The van der Waals surface area contributed by atoms with Crippen LogP contribution >= 0.6 is 0 Å². The fourth-order valence-electron chi connectivity index (χ4n) is 2.48. The van der Waals surface area contributed by atoms with Gasteiger partial charge in [0.2, 0.25) is 5.65 Å². The molecule has 8 heteroatoms. The summed E-state index contributed by atoms with van der Waals surface area (Å²) in [4.78, 5) is 13.0. The van der Waals surface area contributed by atoms with Crippen LogP contribution in [-0.4, -0.2) is 40.9 Å². The van der Waals surface area contributed by atoms with Crippen molar-refractivity contribution in [2.45, 2.75) is 13.5 Å². The molecule has 0 bridgehead atoms. The first-order valence-electron chi connectivity index (χ1n) is 7.33. The summed E-state index contributed by atoms with van der Waals surface area (Å²) in [6.07, 6.45) is 3.28. The molecule has 0 saturated heterocycles. The van der Waals surface area contributed by atoms with E-state index in [1.54, 1.807) is 17.8 Å². The molecule has 1 aromatic carbocycles. The molecular formula is C16H13N7O. The van der Waals surface area contributed by atoms with Crippen molar-refractivity contribution >= 4 is 27.9 Å². The lowest BCUT2D eigenvalue weighted by Gasteiger charge is -2.04. The molecule has 0 amide bonds. The van der Waals surface area contributed by atoms with Crippen molar-refractivity contribution in [1.82, 2.24) is 29.9 Å². The molecule has 0 fully saturated rings. The van der Waals surface area contributed by atoms with Gasteiger partial charge in [0.15, 0.2) is 5.65 Å². The van der Waals surface area contributed by atoms with Gasteiger partial charge in [0.25, 0.3) is 0 Å². The monoisotopic (exact) mass is 319 g/mol. The van der Waals surface area contributed by atoms with E-state index in [4.69, 9.17) is 5.21 Å². The van der Waals surface area contributed by atoms with Crippen LogP contribution in [0.5, 0.6) is 0 Å². The van der Waals surface area contributed by atoms with Crippen molar-refractivity contribution < 1.29 is 5.21 Å². The third-order valence-corrected chi connectivity index (χ3v) is 3.75. The number of aromatic nitrogens is 6. The van der Waals surface area contributed by atoms with Gasteiger partial charge in [0.1, 0.15) is 11.4 Å². The van der Waals surface area contributed by atoms with Crippen LogP contribution in [0.2, 0.25) is 0 Å². The van der Waals surface area contributed by atoms with Crippen molar-refractivity contribution in [3.63, 3.8) is 0 Å². The topological polar surface area (TPSA) is 102 Å². The molecule has 0 saturated carbocycles. The normalized spacial score (nSPS) is 12.1. The van der Waals surface area contributed by atoms with E-state index in [0.29, 0.717) is 29.2 Å². The minimum absolute atomic E-state index is 0.383. The number of hydrogen-bond acceptors (Lipinski definition) is 7. The second-order valence-corrected chi connectivity index (χ2v) is 5.37. The molecule has 0 aliphatic heterocycles. The number of nitrogens with zero attached hydrogens (tertiary/aromatic N) is 7. The van der Waals surface area contributed by atoms with Gasteiger partial charge < -0.3 is 5.21 Å². The predicted octanol–water partition coefficient (Wildman–Crippen LogP) is 2.02. The minimum atomic E-state index is 0.383. The van der Waals surface area contributed by atoms with Gasteiger partial charge in [-0.05, 0) is 30.7 Å². The molecular weight excluding hydrogens is 306 g/mol. The van der Waals surface area contributed by atoms with E-state index >= 15 is 0 Å². The van der Waals surface area contributed by atoms with Gasteiger partial charge in [-0.2, -0.15) is 0 Å². The fraction of sp³-hybridized carbons (Fsp3) is 0.125. The van der Waals surface area contributed by atoms with Gasteiger partial charge in [-0.1, -0.05) is 22.5 Å². The Hall–Kier alpha value is -3.42. The van der Waals surface area contributed by atoms with E-state index in [1.165, 1.54) is 6.20 Å². The highest BCUT2D eigenvalue weighted by molar-refractivity contribution is 5.97. The average Bonchev–Trinajstić information content (AvgIpc) is 3.03. The Bertz CT molecular complexity index is 1070. The van der Waals surface area contributed by atoms with Crippen molar-refractivity contribution in [3.8, 4) is 0 Å². The van der Waals surface area contributed by atoms with E-state index in [9.17, 15) is 0 Å². The maximum atomic E-state index is 8.89. The SMILES string of the molecule is CC(=NO)c1cnc2nnn(Cc3ccc4ncccc4c3)c2n1. The standard InChI is InChI=1S/C16H13N7O/c1-10(21-24)14-8-18-15-16(19-14)23(22-20-15)9-11-4-5-13-12(7-11)3-2-6-17-13/h2-8,24H,9H2,1H3. The molecule has 0 aliphatic carbocycles. The smallest absolute Gasteiger partial charge is 0.221 e. The van der Waals surface area contributed by atoms with Crippen LogP contribution in [0.4, 0.5) is 0 Å². The first kappa shape index (κ1) is 14.2. The molecule has 3 aromatic heterocycles. The molecule has 1 N–H and O–H groups in total. The molecule has 24 heavy (non-hydrogen) atoms. The molecule has 0 atom stereocenters. The lowest BCUT2D eigenvalue weighted by atomic mass is 10.1. The zero-order valence-corrected chi connectivity index (χ0v) is 12.8. The maximum absolute atomic E-state index is 8.89. The largest absolute Gasteiger partial charge is 0.411 e. The number of benzene rings is 1. The van der Waals surface area contributed by atoms with Crippen LogP contribution in [0.25, 0.3) is 22.2 Å². The molecule has 0 radical (unpaired) electrons. The molecule has 118 valence electrons. The molecule has 4 aromatic rings. The molecule has 0 unspecified atom stereocenters. The van der Waals surface area contributed by atoms with Gasteiger partial charge in [0.05, 0.1) is 18.3 Å². The maximum Gasteiger partial charge on any atom is 0.221 e. The summed E-state index contributed by atoms with van der Waals surface area (Å²) in [5.41, 5.74) is 3.86. The third kappa shape index (κ3) is 2.43. The Morgan fingerprint density at radius 1 is 1.25 bits per heavy atom. The van der Waals surface area contributed by atoms with Gasteiger partial charge in [-0.15, -0.1) is 5.10 Å². The predicted molar refractivity (Wildman–Crippen MR) is 88.0 cm³/mol. The highest BCUT2D eigenvalue weighted by Gasteiger charge is 2.11. The third-order valence-electron chi connectivity index (χ3n) is 3.75. The Kier molecular flexibility index (Phi) is 3.34. The quantitative estimate of drug-likeness (QED) is 0.352. The van der Waals surface area contributed by atoms with Crippen molar-refractivity contribution in [3.05, 3.63) is 54.0 Å². The Morgan fingerprint density at radius 2 is 2.17 bits per heavy atom. The van der Waals surface area contributed by atoms with Crippen molar-refractivity contribution in [1.29, 1.82) is 0 Å². The van der Waals surface area contributed by atoms with E-state index in [1.807, 2.05) is 24.3 Å². The summed E-state index contributed by atoms with van der Waals surface area (Å²) < 4.78 is 1.67. The van der Waals surface area contributed by atoms with Gasteiger partial charge in [-0.25, -0.2) is 14.6 Å². The first-order chi connectivity index (χ1) is 11.7. The Balaban J connectivity index is 1.75. The molecule has 8 nitrogen and oxygen atoms in total. The van der Waals surface area contributed by atoms with Crippen molar-refractivity contribution in [2.24, 2.45) is 5.16 Å². The van der Waals surface area contributed by atoms with Crippen LogP contribution in [0.15, 0.2) is 47.9 Å². The first-order valence-corrected chi connectivity index (χ1v) is 7.33. The Labute approximate surface area is 136 Å². The second kappa shape index (κ2) is 5.65. The highest BCUT2D eigenvalue weighted by atomic mass is 16.4. The van der Waals surface area contributed by atoms with Crippen molar-refractivity contribution in [2.75, 3.05) is 0 Å². The summed E-state index contributed by atoms with van der Waals surface area (Å²) >= 11 is 0. The number of oxime groups is 1. The van der Waals surface area contributed by atoms with Crippen LogP contribution in [-0.2, 0) is 6.54 Å². The summed E-state index contributed by atoms with van der Waals surface area (Å²) in [7, 11) is 0. The highest BCUT2D eigenvalue weighted by Crippen LogP contribution is 2.15. The summed E-state index contributed by atoms with van der Waals surface area (Å²) in [5, 5.41) is 21.3. The molecule has 4 rings (SSSR count). The number of fused-ring (bicyclic) bond motifs is 2. The van der Waals surface area contributed by atoms with Gasteiger partial charge in [0, 0.05) is 11.6 Å². The van der Waals surface area contributed by atoms with E-state index in [-0.39, 0.29) is 0 Å². The number of pyridine rings is 1. The van der Waals surface area contributed by atoms with Gasteiger partial charge >= 0.3 is 0 Å². The van der Waals surface area contributed by atoms with Crippen LogP contribution in [0, 0.1) is 0 Å². The second-order valence-electron chi connectivity index (χ2n) is 5.37. The molecule has 0 spiro atoms. The lowest BCUT2D eigenvalue weighted by Crippen LogP contribution is -2.06. The average molecular weight is 319 g/mol. The van der Waals surface area contributed by atoms with E-state index in [0.717, 1.165) is 16.5 Å². The van der Waals surface area contributed by atoms with Crippen LogP contribution in [0.3, 0.4) is 0 Å². The van der Waals surface area contributed by atoms with E-state index < -0.39 is 0 Å². The van der Waals surface area contributed by atoms with E-state index in [2.05, 4.69) is 36.5 Å². The zero-order valence-electron chi connectivity index (χ0n) is 12.8. The van der Waals surface area contributed by atoms with Crippen LogP contribution < -0.4 is 0 Å². The zero-order chi connectivity index (χ0) is 16.5. The lowest BCUT2D eigenvalue weighted by molar-refractivity contribution is 0.319. The fourth-order valence-corrected chi connectivity index (χ4v) is 2.48.